The average molecular weight is 355 g/mol. The molecule has 2 aromatic rings. The predicted octanol–water partition coefficient (Wildman–Crippen LogP) is 2.51. The molecular weight excluding hydrogens is 330 g/mol. The van der Waals surface area contributed by atoms with E-state index in [0.29, 0.717) is 30.5 Å². The molecule has 1 saturated heterocycles. The fraction of sp³-hybridized carbons (Fsp3) is 0.421. The number of nitrogens with zero attached hydrogens (tertiary/aromatic N) is 3. The lowest BCUT2D eigenvalue weighted by molar-refractivity contribution is 0.0932. The number of rotatable bonds is 7. The molecule has 1 aromatic heterocycles. The Hall–Kier alpha value is -2.67. The van der Waals surface area contributed by atoms with Crippen LogP contribution in [0.3, 0.4) is 0 Å². The summed E-state index contributed by atoms with van der Waals surface area (Å²) in [6.07, 6.45) is 2.52. The minimum atomic E-state index is -0.236. The first-order chi connectivity index (χ1) is 12.7. The third-order valence-electron chi connectivity index (χ3n) is 4.27. The van der Waals surface area contributed by atoms with E-state index in [9.17, 15) is 4.79 Å². The fourth-order valence-corrected chi connectivity index (χ4v) is 2.98. The Morgan fingerprint density at radius 3 is 2.62 bits per heavy atom. The number of hydrogen-bond acceptors (Lipinski definition) is 6. The summed E-state index contributed by atoms with van der Waals surface area (Å²) in [7, 11) is 1.60. The quantitative estimate of drug-likeness (QED) is 0.743. The van der Waals surface area contributed by atoms with E-state index in [0.717, 1.165) is 18.8 Å². The first kappa shape index (κ1) is 18.1. The van der Waals surface area contributed by atoms with Crippen molar-refractivity contribution in [2.24, 2.45) is 0 Å². The smallest absolute Gasteiger partial charge is 0.270 e. The molecular formula is C19H25N5O2. The summed E-state index contributed by atoms with van der Waals surface area (Å²) >= 11 is 0. The van der Waals surface area contributed by atoms with Crippen LogP contribution in [0.25, 0.3) is 0 Å². The zero-order valence-electron chi connectivity index (χ0n) is 15.3. The van der Waals surface area contributed by atoms with Crippen LogP contribution < -0.4 is 15.5 Å². The molecule has 2 N–H and O–H groups in total. The Labute approximate surface area is 153 Å². The van der Waals surface area contributed by atoms with Crippen molar-refractivity contribution >= 4 is 23.1 Å². The van der Waals surface area contributed by atoms with Gasteiger partial charge in [-0.1, -0.05) is 0 Å². The van der Waals surface area contributed by atoms with Crippen molar-refractivity contribution in [2.45, 2.75) is 19.8 Å². The summed E-state index contributed by atoms with van der Waals surface area (Å²) in [5.74, 6) is 0.906. The molecule has 3 rings (SSSR count). The summed E-state index contributed by atoms with van der Waals surface area (Å²) in [6.45, 7) is 4.93. The van der Waals surface area contributed by atoms with Gasteiger partial charge in [0.25, 0.3) is 5.91 Å². The highest BCUT2D eigenvalue weighted by atomic mass is 16.5. The Kier molecular flexibility index (Phi) is 6.01. The van der Waals surface area contributed by atoms with Gasteiger partial charge in [-0.25, -0.2) is 9.97 Å². The maximum absolute atomic E-state index is 12.2. The topological polar surface area (TPSA) is 79.4 Å². The van der Waals surface area contributed by atoms with Gasteiger partial charge in [-0.2, -0.15) is 0 Å². The van der Waals surface area contributed by atoms with Crippen molar-refractivity contribution < 1.29 is 9.53 Å². The SMILES string of the molecule is COCCNC(=O)c1cc(Nc2ccc(N3CCCC3)cc2)nc(C)n1. The lowest BCUT2D eigenvalue weighted by atomic mass is 10.2. The van der Waals surface area contributed by atoms with Crippen LogP contribution in [-0.4, -0.2) is 49.2 Å². The normalized spacial score (nSPS) is 13.7. The van der Waals surface area contributed by atoms with Crippen molar-refractivity contribution in [1.29, 1.82) is 0 Å². The monoisotopic (exact) mass is 355 g/mol. The molecule has 1 amide bonds. The van der Waals surface area contributed by atoms with Crippen molar-refractivity contribution in [3.8, 4) is 0 Å². The minimum Gasteiger partial charge on any atom is -0.383 e. The molecule has 1 aliphatic rings. The summed E-state index contributed by atoms with van der Waals surface area (Å²) in [4.78, 5) is 23.1. The van der Waals surface area contributed by atoms with Crippen molar-refractivity contribution in [3.63, 3.8) is 0 Å². The van der Waals surface area contributed by atoms with Gasteiger partial charge in [0.2, 0.25) is 0 Å². The number of amides is 1. The van der Waals surface area contributed by atoms with Gasteiger partial charge >= 0.3 is 0 Å². The first-order valence-corrected chi connectivity index (χ1v) is 8.90. The highest BCUT2D eigenvalue weighted by molar-refractivity contribution is 5.93. The zero-order valence-corrected chi connectivity index (χ0v) is 15.3. The van der Waals surface area contributed by atoms with E-state index in [-0.39, 0.29) is 5.91 Å². The first-order valence-electron chi connectivity index (χ1n) is 8.90. The molecule has 1 fully saturated rings. The Bertz CT molecular complexity index is 742. The number of hydrogen-bond donors (Lipinski definition) is 2. The van der Waals surface area contributed by atoms with Crippen LogP contribution in [0.2, 0.25) is 0 Å². The van der Waals surface area contributed by atoms with Gasteiger partial charge in [0.05, 0.1) is 6.61 Å². The second kappa shape index (κ2) is 8.62. The average Bonchev–Trinajstić information content (AvgIpc) is 3.16. The second-order valence-corrected chi connectivity index (χ2v) is 6.30. The molecule has 26 heavy (non-hydrogen) atoms. The standard InChI is InChI=1S/C19H25N5O2/c1-14-21-17(19(25)20-9-12-26-2)13-18(22-14)23-15-5-7-16(8-6-15)24-10-3-4-11-24/h5-8,13H,3-4,9-12H2,1-2H3,(H,20,25)(H,21,22,23). The van der Waals surface area contributed by atoms with Crippen LogP contribution in [0, 0.1) is 6.92 Å². The van der Waals surface area contributed by atoms with E-state index in [1.54, 1.807) is 20.1 Å². The number of aryl methyl sites for hydroxylation is 1. The molecule has 0 unspecified atom stereocenters. The van der Waals surface area contributed by atoms with Gasteiger partial charge in [0.1, 0.15) is 17.3 Å². The van der Waals surface area contributed by atoms with Gasteiger partial charge in [-0.15, -0.1) is 0 Å². The third-order valence-corrected chi connectivity index (χ3v) is 4.27. The molecule has 0 radical (unpaired) electrons. The van der Waals surface area contributed by atoms with E-state index in [1.807, 2.05) is 12.1 Å². The van der Waals surface area contributed by atoms with Crippen LogP contribution in [0.5, 0.6) is 0 Å². The molecule has 138 valence electrons. The molecule has 7 heteroatoms. The molecule has 0 spiro atoms. The molecule has 7 nitrogen and oxygen atoms in total. The minimum absolute atomic E-state index is 0.236. The fourth-order valence-electron chi connectivity index (χ4n) is 2.98. The van der Waals surface area contributed by atoms with E-state index in [2.05, 4.69) is 37.6 Å². The highest BCUT2D eigenvalue weighted by Gasteiger charge is 2.13. The van der Waals surface area contributed by atoms with Crippen LogP contribution in [0.4, 0.5) is 17.2 Å². The van der Waals surface area contributed by atoms with Crippen LogP contribution in [0.1, 0.15) is 29.2 Å². The molecule has 0 saturated carbocycles. The molecule has 1 aromatic carbocycles. The summed E-state index contributed by atoms with van der Waals surface area (Å²) in [5, 5.41) is 6.02. The van der Waals surface area contributed by atoms with E-state index in [4.69, 9.17) is 4.74 Å². The van der Waals surface area contributed by atoms with E-state index < -0.39 is 0 Å². The summed E-state index contributed by atoms with van der Waals surface area (Å²) in [5.41, 5.74) is 2.51. The number of carbonyl (C=O) groups is 1. The van der Waals surface area contributed by atoms with E-state index in [1.165, 1.54) is 18.5 Å². The van der Waals surface area contributed by atoms with Crippen LogP contribution >= 0.6 is 0 Å². The summed E-state index contributed by atoms with van der Waals surface area (Å²) < 4.78 is 4.94. The van der Waals surface area contributed by atoms with Crippen molar-refractivity contribution in [3.05, 3.63) is 41.9 Å². The second-order valence-electron chi connectivity index (χ2n) is 6.30. The number of aromatic nitrogens is 2. The maximum Gasteiger partial charge on any atom is 0.270 e. The Balaban J connectivity index is 1.68. The lowest BCUT2D eigenvalue weighted by Crippen LogP contribution is -2.28. The largest absolute Gasteiger partial charge is 0.383 e. The van der Waals surface area contributed by atoms with Crippen LogP contribution in [0.15, 0.2) is 30.3 Å². The number of ether oxygens (including phenoxy) is 1. The van der Waals surface area contributed by atoms with Gasteiger partial charge in [0.15, 0.2) is 0 Å². The molecule has 0 bridgehead atoms. The van der Waals surface area contributed by atoms with Gasteiger partial charge in [-0.3, -0.25) is 4.79 Å². The predicted molar refractivity (Wildman–Crippen MR) is 102 cm³/mol. The van der Waals surface area contributed by atoms with E-state index >= 15 is 0 Å². The summed E-state index contributed by atoms with van der Waals surface area (Å²) in [6, 6.07) is 9.94. The number of benzene rings is 1. The number of anilines is 3. The molecule has 0 aliphatic carbocycles. The molecule has 1 aliphatic heterocycles. The van der Waals surface area contributed by atoms with Crippen LogP contribution in [-0.2, 0) is 4.74 Å². The Morgan fingerprint density at radius 2 is 1.92 bits per heavy atom. The lowest BCUT2D eigenvalue weighted by Gasteiger charge is -2.18. The number of nitrogens with one attached hydrogen (secondary N) is 2. The molecule has 0 atom stereocenters. The van der Waals surface area contributed by atoms with Gasteiger partial charge in [0, 0.05) is 44.2 Å². The molecule has 2 heterocycles. The third kappa shape index (κ3) is 4.70. The highest BCUT2D eigenvalue weighted by Crippen LogP contribution is 2.23. The number of carbonyl (C=O) groups excluding carboxylic acids is 1. The Morgan fingerprint density at radius 1 is 1.19 bits per heavy atom. The van der Waals surface area contributed by atoms with Crippen molar-refractivity contribution in [1.82, 2.24) is 15.3 Å². The van der Waals surface area contributed by atoms with Gasteiger partial charge in [-0.05, 0) is 44.0 Å². The van der Waals surface area contributed by atoms with Crippen molar-refractivity contribution in [2.75, 3.05) is 43.6 Å². The maximum atomic E-state index is 12.2. The van der Waals surface area contributed by atoms with Gasteiger partial charge < -0.3 is 20.3 Å². The zero-order chi connectivity index (χ0) is 18.4. The number of methoxy groups -OCH3 is 1.